The zero-order valence-corrected chi connectivity index (χ0v) is 14.7. The Balaban J connectivity index is 1.73. The first-order valence-electron chi connectivity index (χ1n) is 8.29. The topological polar surface area (TPSA) is 74.3 Å². The largest absolute Gasteiger partial charge is 0.384 e. The van der Waals surface area contributed by atoms with Gasteiger partial charge in [0.15, 0.2) is 0 Å². The quantitative estimate of drug-likeness (QED) is 0.774. The smallest absolute Gasteiger partial charge is 0.224 e. The van der Waals surface area contributed by atoms with E-state index in [2.05, 4.69) is 15.6 Å². The fourth-order valence-electron chi connectivity index (χ4n) is 2.39. The summed E-state index contributed by atoms with van der Waals surface area (Å²) in [5, 5.41) is 5.95. The molecule has 0 fully saturated rings. The van der Waals surface area contributed by atoms with E-state index in [9.17, 15) is 9.59 Å². The standard InChI is InChI=1S/C19H24N4O2/c1-15(24)22-18-5-3-4-17(14-18)21-12-8-19(25)23(2)13-9-16-6-10-20-11-7-16/h3-7,10-11,14,21H,8-9,12-13H2,1-2H3,(H,22,24). The number of pyridine rings is 1. The van der Waals surface area contributed by atoms with E-state index in [0.29, 0.717) is 19.5 Å². The summed E-state index contributed by atoms with van der Waals surface area (Å²) in [6.45, 7) is 2.70. The molecule has 2 rings (SSSR count). The summed E-state index contributed by atoms with van der Waals surface area (Å²) in [4.78, 5) is 29.0. The monoisotopic (exact) mass is 340 g/mol. The molecule has 25 heavy (non-hydrogen) atoms. The molecule has 0 unspecified atom stereocenters. The third-order valence-electron chi connectivity index (χ3n) is 3.76. The number of benzene rings is 1. The highest BCUT2D eigenvalue weighted by Gasteiger charge is 2.08. The Morgan fingerprint density at radius 3 is 2.56 bits per heavy atom. The molecule has 6 heteroatoms. The van der Waals surface area contributed by atoms with Crippen LogP contribution < -0.4 is 10.6 Å². The first-order chi connectivity index (χ1) is 12.0. The number of carbonyl (C=O) groups excluding carboxylic acids is 2. The normalized spacial score (nSPS) is 10.2. The van der Waals surface area contributed by atoms with Crippen molar-refractivity contribution in [1.29, 1.82) is 0 Å². The molecule has 0 aliphatic carbocycles. The van der Waals surface area contributed by atoms with Gasteiger partial charge in [0.25, 0.3) is 0 Å². The first kappa shape index (κ1) is 18.4. The van der Waals surface area contributed by atoms with Crippen molar-refractivity contribution in [3.8, 4) is 0 Å². The van der Waals surface area contributed by atoms with E-state index >= 15 is 0 Å². The summed E-state index contributed by atoms with van der Waals surface area (Å²) >= 11 is 0. The number of aromatic nitrogens is 1. The van der Waals surface area contributed by atoms with Crippen LogP contribution in [0, 0.1) is 0 Å². The minimum absolute atomic E-state index is 0.0968. The molecule has 1 heterocycles. The SMILES string of the molecule is CC(=O)Nc1cccc(NCCC(=O)N(C)CCc2ccncc2)c1. The molecule has 0 bridgehead atoms. The molecule has 2 aromatic rings. The van der Waals surface area contributed by atoms with Gasteiger partial charge in [-0.25, -0.2) is 0 Å². The van der Waals surface area contributed by atoms with Crippen LogP contribution in [0.1, 0.15) is 18.9 Å². The van der Waals surface area contributed by atoms with Gasteiger partial charge in [-0.05, 0) is 42.3 Å². The van der Waals surface area contributed by atoms with Crippen LogP contribution in [0.25, 0.3) is 0 Å². The van der Waals surface area contributed by atoms with Crippen molar-refractivity contribution < 1.29 is 9.59 Å². The van der Waals surface area contributed by atoms with Crippen molar-refractivity contribution in [3.05, 3.63) is 54.4 Å². The van der Waals surface area contributed by atoms with Crippen LogP contribution in [-0.4, -0.2) is 41.8 Å². The molecule has 1 aromatic heterocycles. The molecule has 132 valence electrons. The Morgan fingerprint density at radius 2 is 1.84 bits per heavy atom. The van der Waals surface area contributed by atoms with Gasteiger partial charge in [-0.1, -0.05) is 6.07 Å². The maximum atomic E-state index is 12.2. The average molecular weight is 340 g/mol. The molecule has 0 aliphatic rings. The molecule has 0 radical (unpaired) electrons. The lowest BCUT2D eigenvalue weighted by molar-refractivity contribution is -0.129. The second-order valence-electron chi connectivity index (χ2n) is 5.86. The van der Waals surface area contributed by atoms with Crippen molar-refractivity contribution in [2.24, 2.45) is 0 Å². The van der Waals surface area contributed by atoms with Crippen molar-refractivity contribution >= 4 is 23.2 Å². The Bertz CT molecular complexity index is 704. The second-order valence-corrected chi connectivity index (χ2v) is 5.86. The number of carbonyl (C=O) groups is 2. The van der Waals surface area contributed by atoms with Crippen LogP contribution in [-0.2, 0) is 16.0 Å². The number of nitrogens with zero attached hydrogens (tertiary/aromatic N) is 2. The second kappa shape index (κ2) is 9.42. The first-order valence-corrected chi connectivity index (χ1v) is 8.29. The van der Waals surface area contributed by atoms with Crippen molar-refractivity contribution in [2.75, 3.05) is 30.8 Å². The fraction of sp³-hybridized carbons (Fsp3) is 0.316. The number of amides is 2. The van der Waals surface area contributed by atoms with E-state index in [1.54, 1.807) is 17.3 Å². The van der Waals surface area contributed by atoms with Crippen LogP contribution >= 0.6 is 0 Å². The highest BCUT2D eigenvalue weighted by molar-refractivity contribution is 5.89. The predicted molar refractivity (Wildman–Crippen MR) is 99.4 cm³/mol. The lowest BCUT2D eigenvalue weighted by Gasteiger charge is -2.17. The van der Waals surface area contributed by atoms with Crippen molar-refractivity contribution in [2.45, 2.75) is 19.8 Å². The lowest BCUT2D eigenvalue weighted by Crippen LogP contribution is -2.30. The van der Waals surface area contributed by atoms with Crippen LogP contribution in [0.3, 0.4) is 0 Å². The maximum Gasteiger partial charge on any atom is 0.224 e. The van der Waals surface area contributed by atoms with Gasteiger partial charge >= 0.3 is 0 Å². The minimum atomic E-state index is -0.108. The highest BCUT2D eigenvalue weighted by Crippen LogP contribution is 2.15. The molecular weight excluding hydrogens is 316 g/mol. The predicted octanol–water partition coefficient (Wildman–Crippen LogP) is 2.54. The highest BCUT2D eigenvalue weighted by atomic mass is 16.2. The molecule has 0 saturated carbocycles. The minimum Gasteiger partial charge on any atom is -0.384 e. The molecule has 0 saturated heterocycles. The number of nitrogens with one attached hydrogen (secondary N) is 2. The molecule has 0 aliphatic heterocycles. The van der Waals surface area contributed by atoms with Gasteiger partial charge in [-0.15, -0.1) is 0 Å². The summed E-state index contributed by atoms with van der Waals surface area (Å²) in [5.74, 6) is -0.0114. The summed E-state index contributed by atoms with van der Waals surface area (Å²) < 4.78 is 0. The third kappa shape index (κ3) is 6.63. The van der Waals surface area contributed by atoms with Crippen LogP contribution in [0.4, 0.5) is 11.4 Å². The molecule has 0 spiro atoms. The van der Waals surface area contributed by atoms with Gasteiger partial charge in [-0.3, -0.25) is 14.6 Å². The maximum absolute atomic E-state index is 12.2. The molecule has 0 atom stereocenters. The summed E-state index contributed by atoms with van der Waals surface area (Å²) in [7, 11) is 1.82. The average Bonchev–Trinajstić information content (AvgIpc) is 2.60. The van der Waals surface area contributed by atoms with Gasteiger partial charge in [0.05, 0.1) is 0 Å². The Morgan fingerprint density at radius 1 is 1.12 bits per heavy atom. The van der Waals surface area contributed by atoms with Gasteiger partial charge in [0.1, 0.15) is 0 Å². The number of anilines is 2. The van der Waals surface area contributed by atoms with E-state index < -0.39 is 0 Å². The van der Waals surface area contributed by atoms with Crippen LogP contribution in [0.15, 0.2) is 48.8 Å². The summed E-state index contributed by atoms with van der Waals surface area (Å²) in [6, 6.07) is 11.4. The van der Waals surface area contributed by atoms with Crippen LogP contribution in [0.5, 0.6) is 0 Å². The number of likely N-dealkylation sites (N-methyl/N-ethyl adjacent to an activating group) is 1. The van der Waals surface area contributed by atoms with Gasteiger partial charge < -0.3 is 15.5 Å². The molecule has 6 nitrogen and oxygen atoms in total. The van der Waals surface area contributed by atoms with Crippen molar-refractivity contribution in [1.82, 2.24) is 9.88 Å². The summed E-state index contributed by atoms with van der Waals surface area (Å²) in [6.07, 6.45) is 4.75. The molecular formula is C19H24N4O2. The van der Waals surface area contributed by atoms with Gasteiger partial charge in [0, 0.05) is 57.3 Å². The number of hydrogen-bond acceptors (Lipinski definition) is 4. The van der Waals surface area contributed by atoms with Gasteiger partial charge in [-0.2, -0.15) is 0 Å². The summed E-state index contributed by atoms with van der Waals surface area (Å²) in [5.41, 5.74) is 2.78. The molecule has 1 aromatic carbocycles. The van der Waals surface area contributed by atoms with E-state index in [4.69, 9.17) is 0 Å². The molecule has 2 amide bonds. The zero-order chi connectivity index (χ0) is 18.1. The Hall–Kier alpha value is -2.89. The number of hydrogen-bond donors (Lipinski definition) is 2. The van der Waals surface area contributed by atoms with E-state index in [0.717, 1.165) is 17.8 Å². The van der Waals surface area contributed by atoms with Crippen molar-refractivity contribution in [3.63, 3.8) is 0 Å². The lowest BCUT2D eigenvalue weighted by atomic mass is 10.2. The Labute approximate surface area is 148 Å². The third-order valence-corrected chi connectivity index (χ3v) is 3.76. The zero-order valence-electron chi connectivity index (χ0n) is 14.7. The van der Waals surface area contributed by atoms with Gasteiger partial charge in [0.2, 0.25) is 11.8 Å². The Kier molecular flexibility index (Phi) is 6.95. The molecule has 2 N–H and O–H groups in total. The van der Waals surface area contributed by atoms with E-state index in [1.807, 2.05) is 43.4 Å². The van der Waals surface area contributed by atoms with Crippen LogP contribution in [0.2, 0.25) is 0 Å². The van der Waals surface area contributed by atoms with E-state index in [-0.39, 0.29) is 11.8 Å². The fourth-order valence-corrected chi connectivity index (χ4v) is 2.39. The number of rotatable bonds is 8. The van der Waals surface area contributed by atoms with E-state index in [1.165, 1.54) is 12.5 Å².